The third-order valence-corrected chi connectivity index (χ3v) is 5.39. The van der Waals surface area contributed by atoms with Gasteiger partial charge in [0.15, 0.2) is 17.5 Å². The maximum Gasteiger partial charge on any atom is 0.191 e. The molecular formula is C21H34N4O2. The Morgan fingerprint density at radius 1 is 1.15 bits per heavy atom. The summed E-state index contributed by atoms with van der Waals surface area (Å²) < 4.78 is 10.7. The number of likely N-dealkylation sites (tertiary alicyclic amines) is 1. The molecule has 2 fully saturated rings. The minimum atomic E-state index is 0.701. The lowest BCUT2D eigenvalue weighted by Gasteiger charge is -2.15. The molecule has 1 aromatic rings. The number of guanidine groups is 1. The van der Waals surface area contributed by atoms with E-state index in [1.807, 2.05) is 12.1 Å². The monoisotopic (exact) mass is 374 g/mol. The molecule has 1 aliphatic carbocycles. The molecule has 1 atom stereocenters. The number of methoxy groups -OCH3 is 2. The van der Waals surface area contributed by atoms with Crippen LogP contribution < -0.4 is 20.1 Å². The van der Waals surface area contributed by atoms with Gasteiger partial charge in [0.25, 0.3) is 0 Å². The highest BCUT2D eigenvalue weighted by Crippen LogP contribution is 2.31. The van der Waals surface area contributed by atoms with Gasteiger partial charge in [0.2, 0.25) is 0 Å². The first-order chi connectivity index (χ1) is 13.2. The van der Waals surface area contributed by atoms with E-state index < -0.39 is 0 Å². The number of aliphatic imine (C=N–C) groups is 1. The summed E-state index contributed by atoms with van der Waals surface area (Å²) in [5, 5.41) is 6.82. The largest absolute Gasteiger partial charge is 0.493 e. The van der Waals surface area contributed by atoms with E-state index in [2.05, 4.69) is 28.5 Å². The first kappa shape index (κ1) is 19.8. The van der Waals surface area contributed by atoms with Crippen molar-refractivity contribution >= 4 is 5.96 Å². The van der Waals surface area contributed by atoms with Gasteiger partial charge >= 0.3 is 0 Å². The first-order valence-corrected chi connectivity index (χ1v) is 10.2. The fraction of sp³-hybridized carbons (Fsp3) is 0.667. The molecule has 1 heterocycles. The molecule has 2 N–H and O–H groups in total. The Kier molecular flexibility index (Phi) is 7.21. The number of hydrogen-bond acceptors (Lipinski definition) is 4. The van der Waals surface area contributed by atoms with Crippen LogP contribution in [0.1, 0.15) is 31.7 Å². The van der Waals surface area contributed by atoms with Gasteiger partial charge in [-0.05, 0) is 62.8 Å². The van der Waals surface area contributed by atoms with Crippen LogP contribution in [-0.4, -0.2) is 63.8 Å². The zero-order chi connectivity index (χ0) is 19.1. The topological polar surface area (TPSA) is 58.1 Å². The predicted octanol–water partition coefficient (Wildman–Crippen LogP) is 2.29. The van der Waals surface area contributed by atoms with E-state index in [0.29, 0.717) is 5.92 Å². The quantitative estimate of drug-likeness (QED) is 0.513. The molecule has 150 valence electrons. The minimum Gasteiger partial charge on any atom is -0.493 e. The van der Waals surface area contributed by atoms with Crippen LogP contribution in [0.5, 0.6) is 11.5 Å². The number of nitrogens with one attached hydrogen (secondary N) is 2. The van der Waals surface area contributed by atoms with Gasteiger partial charge in [0, 0.05) is 32.2 Å². The maximum absolute atomic E-state index is 5.38. The molecule has 1 aliphatic heterocycles. The zero-order valence-electron chi connectivity index (χ0n) is 17.0. The number of benzene rings is 1. The van der Waals surface area contributed by atoms with Gasteiger partial charge in [-0.25, -0.2) is 0 Å². The molecule has 0 amide bonds. The molecule has 1 aromatic carbocycles. The van der Waals surface area contributed by atoms with Crippen molar-refractivity contribution in [3.05, 3.63) is 23.8 Å². The first-order valence-electron chi connectivity index (χ1n) is 10.2. The van der Waals surface area contributed by atoms with Crippen molar-refractivity contribution in [2.45, 2.75) is 38.6 Å². The van der Waals surface area contributed by atoms with E-state index in [0.717, 1.165) is 49.6 Å². The second kappa shape index (κ2) is 9.83. The normalized spacial score (nSPS) is 20.6. The number of nitrogens with zero attached hydrogens (tertiary/aromatic N) is 2. The molecule has 0 aromatic heterocycles. The highest BCUT2D eigenvalue weighted by molar-refractivity contribution is 5.79. The summed E-state index contributed by atoms with van der Waals surface area (Å²) in [6.07, 6.45) is 4.99. The van der Waals surface area contributed by atoms with Crippen LogP contribution >= 0.6 is 0 Å². The van der Waals surface area contributed by atoms with Gasteiger partial charge in [-0.2, -0.15) is 0 Å². The van der Waals surface area contributed by atoms with Gasteiger partial charge in [-0.1, -0.05) is 6.07 Å². The van der Waals surface area contributed by atoms with Crippen LogP contribution in [0.2, 0.25) is 0 Å². The molecule has 0 bridgehead atoms. The molecule has 0 spiro atoms. The standard InChI is InChI=1S/C21H34N4O2/c1-4-22-21(24-14-17-10-12-25(15-17)18-6-7-18)23-11-9-16-5-8-19(26-2)20(13-16)27-3/h5,8,13,17-18H,4,6-7,9-12,14-15H2,1-3H3,(H2,22,23,24). The van der Waals surface area contributed by atoms with Crippen molar-refractivity contribution in [3.8, 4) is 11.5 Å². The molecular weight excluding hydrogens is 340 g/mol. The van der Waals surface area contributed by atoms with Crippen LogP contribution in [0.4, 0.5) is 0 Å². The van der Waals surface area contributed by atoms with Gasteiger partial charge in [0.05, 0.1) is 14.2 Å². The van der Waals surface area contributed by atoms with Crippen molar-refractivity contribution in [1.82, 2.24) is 15.5 Å². The van der Waals surface area contributed by atoms with Gasteiger partial charge in [0.1, 0.15) is 0 Å². The zero-order valence-corrected chi connectivity index (χ0v) is 17.0. The van der Waals surface area contributed by atoms with Crippen molar-refractivity contribution in [3.63, 3.8) is 0 Å². The number of ether oxygens (including phenoxy) is 2. The molecule has 1 saturated carbocycles. The van der Waals surface area contributed by atoms with E-state index in [9.17, 15) is 0 Å². The van der Waals surface area contributed by atoms with E-state index in [1.54, 1.807) is 14.2 Å². The Bertz CT molecular complexity index is 631. The molecule has 3 rings (SSSR count). The summed E-state index contributed by atoms with van der Waals surface area (Å²) in [4.78, 5) is 7.48. The second-order valence-corrected chi connectivity index (χ2v) is 7.47. The lowest BCUT2D eigenvalue weighted by molar-refractivity contribution is 0.315. The molecule has 0 radical (unpaired) electrons. The van der Waals surface area contributed by atoms with Gasteiger partial charge < -0.3 is 25.0 Å². The summed E-state index contributed by atoms with van der Waals surface area (Å²) in [7, 11) is 3.33. The summed E-state index contributed by atoms with van der Waals surface area (Å²) in [5.74, 6) is 3.16. The summed E-state index contributed by atoms with van der Waals surface area (Å²) >= 11 is 0. The molecule has 1 unspecified atom stereocenters. The predicted molar refractivity (Wildman–Crippen MR) is 110 cm³/mol. The van der Waals surface area contributed by atoms with Crippen molar-refractivity contribution in [1.29, 1.82) is 0 Å². The molecule has 27 heavy (non-hydrogen) atoms. The van der Waals surface area contributed by atoms with E-state index in [4.69, 9.17) is 14.5 Å². The Balaban J connectivity index is 1.46. The Labute approximate surface area is 163 Å². The highest BCUT2D eigenvalue weighted by Gasteiger charge is 2.34. The smallest absolute Gasteiger partial charge is 0.191 e. The van der Waals surface area contributed by atoms with Crippen LogP contribution in [-0.2, 0) is 6.42 Å². The summed E-state index contributed by atoms with van der Waals surface area (Å²) in [6, 6.07) is 6.96. The number of rotatable bonds is 9. The van der Waals surface area contributed by atoms with Crippen LogP contribution in [0, 0.1) is 5.92 Å². The maximum atomic E-state index is 5.38. The Hall–Kier alpha value is -1.95. The highest BCUT2D eigenvalue weighted by atomic mass is 16.5. The lowest BCUT2D eigenvalue weighted by Crippen LogP contribution is -2.38. The molecule has 6 heteroatoms. The van der Waals surface area contributed by atoms with E-state index in [1.165, 1.54) is 37.9 Å². The van der Waals surface area contributed by atoms with E-state index in [-0.39, 0.29) is 0 Å². The third kappa shape index (κ3) is 5.76. The van der Waals surface area contributed by atoms with Crippen LogP contribution in [0.25, 0.3) is 0 Å². The lowest BCUT2D eigenvalue weighted by atomic mass is 10.1. The second-order valence-electron chi connectivity index (χ2n) is 7.47. The van der Waals surface area contributed by atoms with E-state index >= 15 is 0 Å². The SMILES string of the molecule is CCNC(=NCC1CCN(C2CC2)C1)NCCc1ccc(OC)c(OC)c1. The average molecular weight is 375 g/mol. The third-order valence-electron chi connectivity index (χ3n) is 5.39. The molecule has 1 saturated heterocycles. The van der Waals surface area contributed by atoms with Crippen molar-refractivity contribution in [2.75, 3.05) is 46.9 Å². The molecule has 6 nitrogen and oxygen atoms in total. The number of hydrogen-bond donors (Lipinski definition) is 2. The fourth-order valence-corrected chi connectivity index (χ4v) is 3.71. The van der Waals surface area contributed by atoms with Crippen LogP contribution in [0.15, 0.2) is 23.2 Å². The van der Waals surface area contributed by atoms with Crippen LogP contribution in [0.3, 0.4) is 0 Å². The Morgan fingerprint density at radius 3 is 2.67 bits per heavy atom. The average Bonchev–Trinajstić information content (AvgIpc) is 3.44. The Morgan fingerprint density at radius 2 is 1.96 bits per heavy atom. The fourth-order valence-electron chi connectivity index (χ4n) is 3.71. The molecule has 2 aliphatic rings. The van der Waals surface area contributed by atoms with Crippen molar-refractivity contribution in [2.24, 2.45) is 10.9 Å². The van der Waals surface area contributed by atoms with Gasteiger partial charge in [-0.15, -0.1) is 0 Å². The van der Waals surface area contributed by atoms with Crippen molar-refractivity contribution < 1.29 is 9.47 Å². The minimum absolute atomic E-state index is 0.701. The summed E-state index contributed by atoms with van der Waals surface area (Å²) in [5.41, 5.74) is 1.21. The summed E-state index contributed by atoms with van der Waals surface area (Å²) in [6.45, 7) is 7.21. The van der Waals surface area contributed by atoms with Gasteiger partial charge in [-0.3, -0.25) is 4.99 Å².